The van der Waals surface area contributed by atoms with Crippen molar-refractivity contribution >= 4 is 24.0 Å². The molecule has 0 saturated heterocycles. The van der Waals surface area contributed by atoms with Crippen molar-refractivity contribution in [2.24, 2.45) is 0 Å². The fraction of sp³-hybridized carbons (Fsp3) is 0.455. The van der Waals surface area contributed by atoms with E-state index in [1.54, 1.807) is 0 Å². The zero-order valence-corrected chi connectivity index (χ0v) is 9.79. The summed E-state index contributed by atoms with van der Waals surface area (Å²) in [5, 5.41) is 3.35. The lowest BCUT2D eigenvalue weighted by Crippen LogP contribution is -2.29. The molecule has 1 N–H and O–H groups in total. The Hall–Kier alpha value is -0.240. The zero-order chi connectivity index (χ0) is 9.31. The van der Waals surface area contributed by atoms with Gasteiger partial charge in [-0.15, -0.1) is 24.0 Å². The van der Waals surface area contributed by atoms with E-state index in [9.17, 15) is 0 Å². The predicted octanol–water partition coefficient (Wildman–Crippen LogP) is 2.71. The lowest BCUT2D eigenvalue weighted by atomic mass is 9.95. The molecule has 1 unspecified atom stereocenters. The standard InChI is InChI=1S/C11H14ClN.ClH/c1-11(12)8-13-7-6-9-4-2-3-5-10(9)11;/h2-5,13H,6-8H2,1H3;1H. The van der Waals surface area contributed by atoms with Crippen LogP contribution < -0.4 is 5.32 Å². The third-order valence-corrected chi connectivity index (χ3v) is 2.94. The molecule has 0 saturated carbocycles. The lowest BCUT2D eigenvalue weighted by Gasteiger charge is -2.22. The molecule has 14 heavy (non-hydrogen) atoms. The number of fused-ring (bicyclic) bond motifs is 1. The van der Waals surface area contributed by atoms with Crippen molar-refractivity contribution < 1.29 is 0 Å². The molecule has 0 fully saturated rings. The lowest BCUT2D eigenvalue weighted by molar-refractivity contribution is 0.595. The third-order valence-electron chi connectivity index (χ3n) is 2.61. The Labute approximate surface area is 96.3 Å². The van der Waals surface area contributed by atoms with Crippen molar-refractivity contribution in [2.75, 3.05) is 13.1 Å². The highest BCUT2D eigenvalue weighted by Crippen LogP contribution is 2.32. The topological polar surface area (TPSA) is 12.0 Å². The molecule has 1 aliphatic heterocycles. The van der Waals surface area contributed by atoms with Crippen LogP contribution in [0.3, 0.4) is 0 Å². The van der Waals surface area contributed by atoms with E-state index in [1.807, 2.05) is 0 Å². The number of rotatable bonds is 0. The fourth-order valence-electron chi connectivity index (χ4n) is 1.89. The molecule has 1 aromatic rings. The van der Waals surface area contributed by atoms with Gasteiger partial charge >= 0.3 is 0 Å². The summed E-state index contributed by atoms with van der Waals surface area (Å²) in [4.78, 5) is -0.243. The van der Waals surface area contributed by atoms with Gasteiger partial charge in [-0.3, -0.25) is 0 Å². The molecule has 0 radical (unpaired) electrons. The van der Waals surface area contributed by atoms with E-state index in [1.165, 1.54) is 11.1 Å². The first-order chi connectivity index (χ1) is 6.20. The van der Waals surface area contributed by atoms with Crippen molar-refractivity contribution in [1.29, 1.82) is 0 Å². The number of hydrogen-bond donors (Lipinski definition) is 1. The minimum absolute atomic E-state index is 0. The van der Waals surface area contributed by atoms with Gasteiger partial charge in [-0.05, 0) is 31.0 Å². The summed E-state index contributed by atoms with van der Waals surface area (Å²) >= 11 is 6.44. The molecule has 1 atom stereocenters. The summed E-state index contributed by atoms with van der Waals surface area (Å²) < 4.78 is 0. The Kier molecular flexibility index (Phi) is 3.82. The van der Waals surface area contributed by atoms with Crippen molar-refractivity contribution in [3.05, 3.63) is 35.4 Å². The third kappa shape index (κ3) is 2.22. The average Bonchev–Trinajstić information content (AvgIpc) is 2.26. The minimum atomic E-state index is -0.243. The first-order valence-corrected chi connectivity index (χ1v) is 5.06. The summed E-state index contributed by atoms with van der Waals surface area (Å²) in [5.74, 6) is 0. The smallest absolute Gasteiger partial charge is 0.0793 e. The summed E-state index contributed by atoms with van der Waals surface area (Å²) in [6.07, 6.45) is 1.08. The maximum Gasteiger partial charge on any atom is 0.0793 e. The molecule has 1 nitrogen and oxygen atoms in total. The van der Waals surface area contributed by atoms with Crippen LogP contribution in [-0.4, -0.2) is 13.1 Å². The summed E-state index contributed by atoms with van der Waals surface area (Å²) in [6, 6.07) is 8.44. The van der Waals surface area contributed by atoms with Crippen molar-refractivity contribution in [1.82, 2.24) is 5.32 Å². The normalized spacial score (nSPS) is 25.9. The molecule has 0 bridgehead atoms. The van der Waals surface area contributed by atoms with Crippen molar-refractivity contribution in [3.63, 3.8) is 0 Å². The predicted molar refractivity (Wildman–Crippen MR) is 63.5 cm³/mol. The summed E-state index contributed by atoms with van der Waals surface area (Å²) in [7, 11) is 0. The molecule has 0 spiro atoms. The quantitative estimate of drug-likeness (QED) is 0.678. The average molecular weight is 232 g/mol. The fourth-order valence-corrected chi connectivity index (χ4v) is 2.17. The SMILES string of the molecule is CC1(Cl)CNCCc2ccccc21.Cl. The maximum atomic E-state index is 6.44. The van der Waals surface area contributed by atoms with Crippen LogP contribution in [0, 0.1) is 0 Å². The van der Waals surface area contributed by atoms with Gasteiger partial charge in [-0.25, -0.2) is 0 Å². The molecular formula is C11H15Cl2N. The van der Waals surface area contributed by atoms with Crippen molar-refractivity contribution in [2.45, 2.75) is 18.2 Å². The Morgan fingerprint density at radius 2 is 2.07 bits per heavy atom. The van der Waals surface area contributed by atoms with E-state index >= 15 is 0 Å². The van der Waals surface area contributed by atoms with E-state index in [4.69, 9.17) is 11.6 Å². The summed E-state index contributed by atoms with van der Waals surface area (Å²) in [6.45, 7) is 3.95. The molecule has 1 heterocycles. The monoisotopic (exact) mass is 231 g/mol. The Bertz CT molecular complexity index is 310. The van der Waals surface area contributed by atoms with Gasteiger partial charge < -0.3 is 5.32 Å². The molecule has 0 amide bonds. The van der Waals surface area contributed by atoms with E-state index < -0.39 is 0 Å². The highest BCUT2D eigenvalue weighted by Gasteiger charge is 2.27. The molecule has 0 aromatic heterocycles. The first kappa shape index (κ1) is 11.8. The van der Waals surface area contributed by atoms with E-state index in [0.29, 0.717) is 0 Å². The largest absolute Gasteiger partial charge is 0.314 e. The Balaban J connectivity index is 0.000000980. The number of alkyl halides is 1. The van der Waals surface area contributed by atoms with Gasteiger partial charge in [0.15, 0.2) is 0 Å². The molecule has 1 aromatic carbocycles. The molecular weight excluding hydrogens is 217 g/mol. The summed E-state index contributed by atoms with van der Waals surface area (Å²) in [5.41, 5.74) is 2.66. The number of nitrogens with one attached hydrogen (secondary N) is 1. The van der Waals surface area contributed by atoms with Gasteiger partial charge in [0.1, 0.15) is 0 Å². The van der Waals surface area contributed by atoms with Crippen molar-refractivity contribution in [3.8, 4) is 0 Å². The van der Waals surface area contributed by atoms with Gasteiger partial charge in [-0.1, -0.05) is 24.3 Å². The number of benzene rings is 1. The van der Waals surface area contributed by atoms with Crippen LogP contribution in [0.25, 0.3) is 0 Å². The molecule has 1 aliphatic rings. The minimum Gasteiger partial charge on any atom is -0.314 e. The van der Waals surface area contributed by atoms with Gasteiger partial charge in [0, 0.05) is 6.54 Å². The Morgan fingerprint density at radius 3 is 2.86 bits per heavy atom. The highest BCUT2D eigenvalue weighted by atomic mass is 35.5. The van der Waals surface area contributed by atoms with Gasteiger partial charge in [0.05, 0.1) is 4.87 Å². The van der Waals surface area contributed by atoms with E-state index in [2.05, 4.69) is 36.5 Å². The van der Waals surface area contributed by atoms with Crippen LogP contribution in [0.1, 0.15) is 18.1 Å². The van der Waals surface area contributed by atoms with Crippen LogP contribution in [-0.2, 0) is 11.3 Å². The van der Waals surface area contributed by atoms with Gasteiger partial charge in [0.25, 0.3) is 0 Å². The highest BCUT2D eigenvalue weighted by molar-refractivity contribution is 6.24. The number of hydrogen-bond acceptors (Lipinski definition) is 1. The molecule has 78 valence electrons. The number of halogens is 2. The zero-order valence-electron chi connectivity index (χ0n) is 8.22. The Morgan fingerprint density at radius 1 is 1.36 bits per heavy atom. The molecule has 2 rings (SSSR count). The van der Waals surface area contributed by atoms with Crippen LogP contribution in [0.2, 0.25) is 0 Å². The molecule has 3 heteroatoms. The van der Waals surface area contributed by atoms with E-state index in [-0.39, 0.29) is 17.3 Å². The maximum absolute atomic E-state index is 6.44. The van der Waals surface area contributed by atoms with Gasteiger partial charge in [0.2, 0.25) is 0 Å². The van der Waals surface area contributed by atoms with Crippen LogP contribution >= 0.6 is 24.0 Å². The van der Waals surface area contributed by atoms with Gasteiger partial charge in [-0.2, -0.15) is 0 Å². The second-order valence-corrected chi connectivity index (χ2v) is 4.62. The van der Waals surface area contributed by atoms with Crippen LogP contribution in [0.15, 0.2) is 24.3 Å². The van der Waals surface area contributed by atoms with Crippen LogP contribution in [0.5, 0.6) is 0 Å². The second-order valence-electron chi connectivity index (χ2n) is 3.78. The second kappa shape index (κ2) is 4.52. The van der Waals surface area contributed by atoms with E-state index in [0.717, 1.165) is 19.5 Å². The first-order valence-electron chi connectivity index (χ1n) is 4.68. The molecule has 0 aliphatic carbocycles. The van der Waals surface area contributed by atoms with Crippen LogP contribution in [0.4, 0.5) is 0 Å².